The first kappa shape index (κ1) is 14.8. The summed E-state index contributed by atoms with van der Waals surface area (Å²) in [5.74, 6) is 0.511. The van der Waals surface area contributed by atoms with Crippen LogP contribution in [0.5, 0.6) is 0 Å². The number of rotatable bonds is 3. The maximum Gasteiger partial charge on any atom is 0.251 e. The Labute approximate surface area is 145 Å². The Kier molecular flexibility index (Phi) is 3.57. The molecular formula is C18H21N3O2S. The van der Waals surface area contributed by atoms with Gasteiger partial charge < -0.3 is 10.1 Å². The summed E-state index contributed by atoms with van der Waals surface area (Å²) in [5, 5.41) is 3.31. The zero-order chi connectivity index (χ0) is 16.1. The molecule has 3 heterocycles. The van der Waals surface area contributed by atoms with Gasteiger partial charge in [-0.2, -0.15) is 0 Å². The molecule has 1 aromatic heterocycles. The van der Waals surface area contributed by atoms with Crippen molar-refractivity contribution in [1.29, 1.82) is 0 Å². The number of carbonyl (C=O) groups excluding carboxylic acids is 1. The average molecular weight is 343 g/mol. The molecule has 2 saturated heterocycles. The third-order valence-corrected chi connectivity index (χ3v) is 6.59. The van der Waals surface area contributed by atoms with E-state index in [9.17, 15) is 4.79 Å². The van der Waals surface area contributed by atoms with Crippen molar-refractivity contribution in [3.8, 4) is 0 Å². The van der Waals surface area contributed by atoms with E-state index in [0.717, 1.165) is 41.9 Å². The molecule has 0 radical (unpaired) electrons. The fraction of sp³-hybridized carbons (Fsp3) is 0.556. The largest absolute Gasteiger partial charge is 0.376 e. The summed E-state index contributed by atoms with van der Waals surface area (Å²) in [6, 6.07) is 6.34. The Morgan fingerprint density at radius 2 is 2.21 bits per heavy atom. The van der Waals surface area contributed by atoms with Crippen LogP contribution in [-0.2, 0) is 4.74 Å². The second-order valence-corrected chi connectivity index (χ2v) is 7.94. The highest BCUT2D eigenvalue weighted by Crippen LogP contribution is 2.43. The quantitative estimate of drug-likeness (QED) is 0.929. The number of nitrogens with zero attached hydrogens (tertiary/aromatic N) is 2. The molecule has 1 saturated carbocycles. The summed E-state index contributed by atoms with van der Waals surface area (Å²) in [4.78, 5) is 19.6. The van der Waals surface area contributed by atoms with Gasteiger partial charge in [-0.05, 0) is 50.6 Å². The van der Waals surface area contributed by atoms with Gasteiger partial charge >= 0.3 is 0 Å². The molecule has 2 aromatic rings. The van der Waals surface area contributed by atoms with Gasteiger partial charge in [-0.3, -0.25) is 9.69 Å². The molecule has 6 heteroatoms. The van der Waals surface area contributed by atoms with Gasteiger partial charge in [0.2, 0.25) is 0 Å². The summed E-state index contributed by atoms with van der Waals surface area (Å²) in [7, 11) is 0. The van der Waals surface area contributed by atoms with Crippen molar-refractivity contribution in [1.82, 2.24) is 15.2 Å². The number of fused-ring (bicyclic) bond motifs is 2. The van der Waals surface area contributed by atoms with Crippen LogP contribution in [-0.4, -0.2) is 53.7 Å². The zero-order valence-corrected chi connectivity index (χ0v) is 14.3. The smallest absolute Gasteiger partial charge is 0.251 e. The minimum absolute atomic E-state index is 0.0323. The third-order valence-electron chi connectivity index (χ3n) is 5.80. The molecule has 1 aromatic carbocycles. The van der Waals surface area contributed by atoms with Crippen LogP contribution < -0.4 is 5.32 Å². The van der Waals surface area contributed by atoms with Crippen molar-refractivity contribution in [2.75, 3.05) is 19.7 Å². The number of amides is 1. The Bertz CT molecular complexity index is 766. The van der Waals surface area contributed by atoms with Crippen molar-refractivity contribution < 1.29 is 9.53 Å². The van der Waals surface area contributed by atoms with Crippen LogP contribution in [0.25, 0.3) is 10.2 Å². The molecule has 1 N–H and O–H groups in total. The van der Waals surface area contributed by atoms with Gasteiger partial charge in [-0.15, -0.1) is 11.3 Å². The minimum atomic E-state index is 0.0323. The second-order valence-electron chi connectivity index (χ2n) is 7.06. The lowest BCUT2D eigenvalue weighted by atomic mass is 9.70. The van der Waals surface area contributed by atoms with Crippen molar-refractivity contribution in [2.24, 2.45) is 5.92 Å². The number of aromatic nitrogens is 1. The molecule has 1 aliphatic carbocycles. The molecule has 2 aliphatic heterocycles. The van der Waals surface area contributed by atoms with Gasteiger partial charge in [0.25, 0.3) is 5.91 Å². The first-order chi connectivity index (χ1) is 11.8. The van der Waals surface area contributed by atoms with E-state index in [2.05, 4.69) is 15.2 Å². The first-order valence-electron chi connectivity index (χ1n) is 8.81. The zero-order valence-electron chi connectivity index (χ0n) is 13.5. The van der Waals surface area contributed by atoms with Gasteiger partial charge in [-0.25, -0.2) is 4.98 Å². The normalized spacial score (nSPS) is 32.7. The summed E-state index contributed by atoms with van der Waals surface area (Å²) in [6.45, 7) is 3.10. The number of hydrogen-bond acceptors (Lipinski definition) is 5. The van der Waals surface area contributed by atoms with Crippen molar-refractivity contribution >= 4 is 27.5 Å². The predicted octanol–water partition coefficient (Wildman–Crippen LogP) is 2.28. The van der Waals surface area contributed by atoms with Gasteiger partial charge in [0.05, 0.1) is 33.9 Å². The van der Waals surface area contributed by atoms with Gasteiger partial charge in [-0.1, -0.05) is 0 Å². The number of benzene rings is 1. The van der Waals surface area contributed by atoms with E-state index in [1.54, 1.807) is 11.3 Å². The van der Waals surface area contributed by atoms with Crippen LogP contribution in [0.4, 0.5) is 0 Å². The van der Waals surface area contributed by atoms with E-state index in [1.165, 1.54) is 12.8 Å². The van der Waals surface area contributed by atoms with Crippen molar-refractivity contribution in [2.45, 2.75) is 37.5 Å². The molecule has 0 unspecified atom stereocenters. The van der Waals surface area contributed by atoms with Crippen LogP contribution in [0, 0.1) is 5.92 Å². The Morgan fingerprint density at radius 3 is 3.08 bits per heavy atom. The highest BCUT2D eigenvalue weighted by Gasteiger charge is 2.56. The van der Waals surface area contributed by atoms with Crippen LogP contribution in [0.2, 0.25) is 0 Å². The average Bonchev–Trinajstić information content (AvgIpc) is 3.33. The van der Waals surface area contributed by atoms with E-state index < -0.39 is 0 Å². The fourth-order valence-corrected chi connectivity index (χ4v) is 5.29. The lowest BCUT2D eigenvalue weighted by molar-refractivity contribution is -0.0747. The summed E-state index contributed by atoms with van der Waals surface area (Å²) >= 11 is 1.57. The van der Waals surface area contributed by atoms with Crippen molar-refractivity contribution in [3.63, 3.8) is 0 Å². The lowest BCUT2D eigenvalue weighted by Gasteiger charge is -2.51. The number of carbonyl (C=O) groups is 1. The van der Waals surface area contributed by atoms with E-state index in [1.807, 2.05) is 23.7 Å². The molecule has 4 atom stereocenters. The molecular weight excluding hydrogens is 322 g/mol. The molecule has 1 amide bonds. The number of nitrogens with one attached hydrogen (secondary N) is 1. The molecule has 0 bridgehead atoms. The van der Waals surface area contributed by atoms with Crippen LogP contribution >= 0.6 is 11.3 Å². The molecule has 3 fully saturated rings. The third kappa shape index (κ3) is 2.28. The Morgan fingerprint density at radius 1 is 1.33 bits per heavy atom. The van der Waals surface area contributed by atoms with Gasteiger partial charge in [0.15, 0.2) is 0 Å². The van der Waals surface area contributed by atoms with E-state index in [0.29, 0.717) is 18.1 Å². The van der Waals surface area contributed by atoms with E-state index in [-0.39, 0.29) is 11.9 Å². The Balaban J connectivity index is 1.36. The highest BCUT2D eigenvalue weighted by atomic mass is 32.1. The summed E-state index contributed by atoms with van der Waals surface area (Å²) in [5.41, 5.74) is 3.51. The van der Waals surface area contributed by atoms with Gasteiger partial charge in [0.1, 0.15) is 0 Å². The molecule has 126 valence electrons. The van der Waals surface area contributed by atoms with Crippen LogP contribution in [0.15, 0.2) is 23.7 Å². The van der Waals surface area contributed by atoms with Crippen LogP contribution in [0.1, 0.15) is 29.6 Å². The first-order valence-corrected chi connectivity index (χ1v) is 9.69. The predicted molar refractivity (Wildman–Crippen MR) is 93.3 cm³/mol. The number of likely N-dealkylation sites (tertiary alicyclic amines) is 1. The number of hydrogen-bond donors (Lipinski definition) is 1. The molecule has 5 rings (SSSR count). The molecule has 3 aliphatic rings. The monoisotopic (exact) mass is 343 g/mol. The second kappa shape index (κ2) is 5.79. The van der Waals surface area contributed by atoms with Crippen LogP contribution in [0.3, 0.4) is 0 Å². The van der Waals surface area contributed by atoms with E-state index in [4.69, 9.17) is 4.74 Å². The number of thiazole rings is 1. The highest BCUT2D eigenvalue weighted by molar-refractivity contribution is 7.16. The SMILES string of the molecule is O=C(N[C@H]1[C@H]2CCO[C@H]2[C@@H]1N1CCCC1)c1ccc2ncsc2c1. The summed E-state index contributed by atoms with van der Waals surface area (Å²) in [6.07, 6.45) is 3.90. The molecule has 5 nitrogen and oxygen atoms in total. The Hall–Kier alpha value is -1.50. The van der Waals surface area contributed by atoms with E-state index >= 15 is 0 Å². The fourth-order valence-electron chi connectivity index (χ4n) is 4.57. The maximum atomic E-state index is 12.8. The minimum Gasteiger partial charge on any atom is -0.376 e. The van der Waals surface area contributed by atoms with Gasteiger partial charge in [0, 0.05) is 18.1 Å². The molecule has 24 heavy (non-hydrogen) atoms. The maximum absolute atomic E-state index is 12.8. The topological polar surface area (TPSA) is 54.5 Å². The molecule has 0 spiro atoms. The number of ether oxygens (including phenoxy) is 1. The standard InChI is InChI=1S/C18H21N3O2S/c22-18(11-3-4-13-14(9-11)24-10-19-13)20-15-12-5-8-23-17(12)16(15)21-6-1-2-7-21/h3-4,9-10,12,15-17H,1-2,5-8H2,(H,20,22)/t12-,15+,16-,17-/m1/s1. The summed E-state index contributed by atoms with van der Waals surface area (Å²) < 4.78 is 7.01. The lowest BCUT2D eigenvalue weighted by Crippen LogP contribution is -2.70. The van der Waals surface area contributed by atoms with Crippen molar-refractivity contribution in [3.05, 3.63) is 29.3 Å².